The zero-order valence-corrected chi connectivity index (χ0v) is 20.5. The number of halogens is 1. The van der Waals surface area contributed by atoms with E-state index in [1.165, 1.54) is 16.4 Å². The third-order valence-corrected chi connectivity index (χ3v) is 8.78. The van der Waals surface area contributed by atoms with Crippen molar-refractivity contribution in [2.75, 3.05) is 13.1 Å². The first kappa shape index (κ1) is 24.7. The van der Waals surface area contributed by atoms with Crippen LogP contribution >= 0.6 is 11.6 Å². The molecule has 1 heterocycles. The molecule has 2 amide bonds. The van der Waals surface area contributed by atoms with Gasteiger partial charge < -0.3 is 10.6 Å². The van der Waals surface area contributed by atoms with Gasteiger partial charge >= 0.3 is 0 Å². The quantitative estimate of drug-likeness (QED) is 0.629. The smallest absolute Gasteiger partial charge is 0.251 e. The van der Waals surface area contributed by atoms with Crippen LogP contribution in [0.5, 0.6) is 0 Å². The number of benzene rings is 2. The van der Waals surface area contributed by atoms with E-state index in [9.17, 15) is 18.0 Å². The number of sulfonamides is 1. The van der Waals surface area contributed by atoms with Crippen LogP contribution in [0.4, 0.5) is 0 Å². The minimum atomic E-state index is -3.70. The van der Waals surface area contributed by atoms with Crippen molar-refractivity contribution < 1.29 is 18.0 Å². The second kappa shape index (κ2) is 10.9. The zero-order chi connectivity index (χ0) is 24.1. The summed E-state index contributed by atoms with van der Waals surface area (Å²) < 4.78 is 27.5. The summed E-state index contributed by atoms with van der Waals surface area (Å²) in [5.74, 6) is -0.727. The average molecular weight is 504 g/mol. The lowest BCUT2D eigenvalue weighted by Crippen LogP contribution is -2.55. The Hall–Kier alpha value is -2.42. The lowest BCUT2D eigenvalue weighted by molar-refractivity contribution is -0.127. The van der Waals surface area contributed by atoms with E-state index in [2.05, 4.69) is 10.6 Å². The fourth-order valence-corrected chi connectivity index (χ4v) is 6.40. The van der Waals surface area contributed by atoms with E-state index in [1.54, 1.807) is 24.3 Å². The molecule has 4 rings (SSSR count). The summed E-state index contributed by atoms with van der Waals surface area (Å²) in [7, 11) is -3.70. The minimum absolute atomic E-state index is 0.143. The molecule has 0 unspecified atom stereocenters. The van der Waals surface area contributed by atoms with Crippen molar-refractivity contribution in [2.24, 2.45) is 5.92 Å². The van der Waals surface area contributed by atoms with E-state index in [0.29, 0.717) is 30.0 Å². The predicted molar refractivity (Wildman–Crippen MR) is 131 cm³/mol. The summed E-state index contributed by atoms with van der Waals surface area (Å²) in [6.45, 7) is 0.526. The molecule has 1 saturated carbocycles. The summed E-state index contributed by atoms with van der Waals surface area (Å²) >= 11 is 5.90. The van der Waals surface area contributed by atoms with E-state index < -0.39 is 15.9 Å². The molecular formula is C25H30ClN3O4S. The summed E-state index contributed by atoms with van der Waals surface area (Å²) in [5, 5.41) is 6.67. The lowest BCUT2D eigenvalue weighted by Gasteiger charge is -2.36. The lowest BCUT2D eigenvalue weighted by atomic mass is 9.89. The van der Waals surface area contributed by atoms with E-state index in [1.807, 2.05) is 18.2 Å². The Bertz CT molecular complexity index is 1110. The van der Waals surface area contributed by atoms with Crippen LogP contribution in [0.2, 0.25) is 5.02 Å². The van der Waals surface area contributed by atoms with Gasteiger partial charge in [0.05, 0.1) is 10.8 Å². The van der Waals surface area contributed by atoms with Gasteiger partial charge in [-0.25, -0.2) is 8.42 Å². The Balaban J connectivity index is 1.39. The highest BCUT2D eigenvalue weighted by Gasteiger charge is 2.35. The van der Waals surface area contributed by atoms with Gasteiger partial charge in [-0.1, -0.05) is 42.6 Å². The molecule has 34 heavy (non-hydrogen) atoms. The molecule has 1 aliphatic carbocycles. The van der Waals surface area contributed by atoms with Gasteiger partial charge in [-0.15, -0.1) is 0 Å². The second-order valence-corrected chi connectivity index (χ2v) is 11.4. The largest absolute Gasteiger partial charge is 0.351 e. The highest BCUT2D eigenvalue weighted by atomic mass is 35.5. The number of amides is 2. The highest BCUT2D eigenvalue weighted by molar-refractivity contribution is 7.89. The van der Waals surface area contributed by atoms with Crippen LogP contribution in [0.3, 0.4) is 0 Å². The predicted octanol–water partition coefficient (Wildman–Crippen LogP) is 3.60. The Morgan fingerprint density at radius 1 is 0.853 bits per heavy atom. The first-order chi connectivity index (χ1) is 16.3. The van der Waals surface area contributed by atoms with Crippen molar-refractivity contribution in [2.45, 2.75) is 55.5 Å². The van der Waals surface area contributed by atoms with E-state index in [0.717, 1.165) is 25.7 Å². The second-order valence-electron chi connectivity index (χ2n) is 9.00. The zero-order valence-electron chi connectivity index (χ0n) is 19.0. The molecule has 2 fully saturated rings. The van der Waals surface area contributed by atoms with Crippen molar-refractivity contribution >= 4 is 33.4 Å². The summed E-state index contributed by atoms with van der Waals surface area (Å²) in [6.07, 6.45) is 4.79. The molecule has 182 valence electrons. The van der Waals surface area contributed by atoms with Gasteiger partial charge in [0.1, 0.15) is 0 Å². The van der Waals surface area contributed by atoms with E-state index in [-0.39, 0.29) is 35.3 Å². The van der Waals surface area contributed by atoms with Crippen LogP contribution in [0.1, 0.15) is 48.9 Å². The van der Waals surface area contributed by atoms with Gasteiger partial charge in [0, 0.05) is 35.8 Å². The maximum Gasteiger partial charge on any atom is 0.251 e. The molecule has 2 N–H and O–H groups in total. The molecule has 0 radical (unpaired) electrons. The molecule has 9 heteroatoms. The number of nitrogens with zero attached hydrogens (tertiary/aromatic N) is 1. The van der Waals surface area contributed by atoms with E-state index in [4.69, 9.17) is 11.6 Å². The van der Waals surface area contributed by atoms with Crippen LogP contribution in [-0.4, -0.2) is 49.7 Å². The minimum Gasteiger partial charge on any atom is -0.351 e. The molecule has 7 nitrogen and oxygen atoms in total. The molecule has 1 aliphatic heterocycles. The van der Waals surface area contributed by atoms with E-state index >= 15 is 0 Å². The van der Waals surface area contributed by atoms with Crippen LogP contribution in [-0.2, 0) is 14.8 Å². The monoisotopic (exact) mass is 503 g/mol. The van der Waals surface area contributed by atoms with Gasteiger partial charge in [0.2, 0.25) is 15.9 Å². The molecule has 0 aromatic heterocycles. The Kier molecular flexibility index (Phi) is 7.91. The van der Waals surface area contributed by atoms with Crippen LogP contribution in [0, 0.1) is 5.92 Å². The summed E-state index contributed by atoms with van der Waals surface area (Å²) in [5.41, 5.74) is 0.591. The number of carbonyl (C=O) groups excluding carboxylic acids is 2. The summed E-state index contributed by atoms with van der Waals surface area (Å²) in [6, 6.07) is 14.8. The average Bonchev–Trinajstić information content (AvgIpc) is 2.86. The fraction of sp³-hybridized carbons (Fsp3) is 0.440. The first-order valence-electron chi connectivity index (χ1n) is 11.8. The van der Waals surface area contributed by atoms with Crippen LogP contribution in [0.15, 0.2) is 59.5 Å². The number of hydrogen-bond donors (Lipinski definition) is 2. The maximum absolute atomic E-state index is 13.2. The number of rotatable bonds is 6. The van der Waals surface area contributed by atoms with Crippen molar-refractivity contribution in [3.05, 3.63) is 65.2 Å². The van der Waals surface area contributed by atoms with Gasteiger partial charge in [-0.2, -0.15) is 4.31 Å². The van der Waals surface area contributed by atoms with Crippen LogP contribution in [0.25, 0.3) is 0 Å². The summed E-state index contributed by atoms with van der Waals surface area (Å²) in [4.78, 5) is 26.0. The van der Waals surface area contributed by atoms with Gasteiger partial charge in [-0.05, 0) is 62.1 Å². The normalized spacial score (nSPS) is 23.7. The number of hydrogen-bond acceptors (Lipinski definition) is 4. The van der Waals surface area contributed by atoms with Gasteiger partial charge in [0.25, 0.3) is 5.91 Å². The maximum atomic E-state index is 13.2. The molecule has 3 atom stereocenters. The van der Waals surface area contributed by atoms with Gasteiger partial charge in [-0.3, -0.25) is 9.59 Å². The van der Waals surface area contributed by atoms with Crippen molar-refractivity contribution in [3.8, 4) is 0 Å². The molecule has 1 saturated heterocycles. The highest BCUT2D eigenvalue weighted by Crippen LogP contribution is 2.26. The Morgan fingerprint density at radius 2 is 1.50 bits per heavy atom. The van der Waals surface area contributed by atoms with Crippen molar-refractivity contribution in [3.63, 3.8) is 0 Å². The van der Waals surface area contributed by atoms with Crippen molar-refractivity contribution in [1.29, 1.82) is 0 Å². The SMILES string of the molecule is O=C(N[C@@H]1CCCC[C@H]1NC(=O)[C@H]1CCCN(S(=O)(=O)c2ccc(Cl)cc2)C1)c1ccccc1. The Morgan fingerprint density at radius 3 is 2.18 bits per heavy atom. The fourth-order valence-electron chi connectivity index (χ4n) is 4.75. The third kappa shape index (κ3) is 5.79. The third-order valence-electron chi connectivity index (χ3n) is 6.65. The molecule has 2 aromatic rings. The van der Waals surface area contributed by atoms with Crippen LogP contribution < -0.4 is 10.6 Å². The molecule has 0 spiro atoms. The molecule has 0 bridgehead atoms. The topological polar surface area (TPSA) is 95.6 Å². The first-order valence-corrected chi connectivity index (χ1v) is 13.6. The number of carbonyl (C=O) groups is 2. The van der Waals surface area contributed by atoms with Gasteiger partial charge in [0.15, 0.2) is 0 Å². The molecule has 2 aliphatic rings. The number of nitrogens with one attached hydrogen (secondary N) is 2. The Labute approximate surface area is 205 Å². The number of piperidine rings is 1. The molecule has 2 aromatic carbocycles. The molecular weight excluding hydrogens is 474 g/mol. The standard InChI is InChI=1S/C25H30ClN3O4S/c26-20-12-14-21(15-13-20)34(32,33)29-16-6-9-19(17-29)25(31)28-23-11-5-4-10-22(23)27-24(30)18-7-2-1-3-8-18/h1-3,7-8,12-15,19,22-23H,4-6,9-11,16-17H2,(H,27,30)(H,28,31)/t19-,22+,23+/m0/s1. The van der Waals surface area contributed by atoms with Crippen molar-refractivity contribution in [1.82, 2.24) is 14.9 Å².